The predicted molar refractivity (Wildman–Crippen MR) is 76.2 cm³/mol. The van der Waals surface area contributed by atoms with Gasteiger partial charge in [0.2, 0.25) is 0 Å². The number of Topliss-reactive ketones (excluding diaryl/α,β-unsaturated/α-hetero) is 1. The molecule has 2 amide bonds. The Balaban J connectivity index is 2.06. The number of hydrogen-bond acceptors (Lipinski definition) is 4. The lowest BCUT2D eigenvalue weighted by atomic mass is 10.1. The summed E-state index contributed by atoms with van der Waals surface area (Å²) in [4.78, 5) is 38.7. The van der Waals surface area contributed by atoms with Crippen molar-refractivity contribution in [1.29, 1.82) is 0 Å². The number of nitrogens with zero attached hydrogens (tertiary/aromatic N) is 2. The molecule has 0 atom stereocenters. The molecule has 0 unspecified atom stereocenters. The molecule has 1 aliphatic heterocycles. The van der Waals surface area contributed by atoms with E-state index in [9.17, 15) is 14.4 Å². The first-order valence-corrected chi connectivity index (χ1v) is 6.82. The van der Waals surface area contributed by atoms with Gasteiger partial charge in [-0.25, -0.2) is 0 Å². The van der Waals surface area contributed by atoms with Crippen molar-refractivity contribution in [2.75, 3.05) is 33.3 Å². The van der Waals surface area contributed by atoms with Crippen LogP contribution in [0.4, 0.5) is 0 Å². The van der Waals surface area contributed by atoms with Crippen LogP contribution < -0.4 is 4.74 Å². The van der Waals surface area contributed by atoms with Gasteiger partial charge in [-0.05, 0) is 19.1 Å². The van der Waals surface area contributed by atoms with E-state index in [-0.39, 0.29) is 12.3 Å². The second-order valence-electron chi connectivity index (χ2n) is 4.77. The number of carbonyl (C=O) groups excluding carboxylic acids is 3. The quantitative estimate of drug-likeness (QED) is 0.587. The molecule has 6 heteroatoms. The second-order valence-corrected chi connectivity index (χ2v) is 4.77. The standard InChI is InChI=1S/C15H18N2O4/c1-3-16-7-8-17(15(20)14(16)19)10-13(18)11-5-4-6-12(9-11)21-2/h4-6,9H,3,7-8,10H2,1-2H3. The summed E-state index contributed by atoms with van der Waals surface area (Å²) >= 11 is 0. The van der Waals surface area contributed by atoms with Gasteiger partial charge in [0.1, 0.15) is 5.75 Å². The topological polar surface area (TPSA) is 66.9 Å². The van der Waals surface area contributed by atoms with Crippen molar-refractivity contribution in [2.45, 2.75) is 6.92 Å². The van der Waals surface area contributed by atoms with E-state index in [1.54, 1.807) is 24.3 Å². The van der Waals surface area contributed by atoms with Crippen LogP contribution in [-0.2, 0) is 9.59 Å². The number of piperazine rings is 1. The zero-order chi connectivity index (χ0) is 15.4. The maximum absolute atomic E-state index is 12.2. The van der Waals surface area contributed by atoms with Crippen molar-refractivity contribution in [3.63, 3.8) is 0 Å². The van der Waals surface area contributed by atoms with E-state index in [1.807, 2.05) is 6.92 Å². The minimum absolute atomic E-state index is 0.0880. The van der Waals surface area contributed by atoms with E-state index < -0.39 is 11.8 Å². The fourth-order valence-electron chi connectivity index (χ4n) is 2.23. The molecule has 1 fully saturated rings. The number of carbonyl (C=O) groups is 3. The Hall–Kier alpha value is -2.37. The summed E-state index contributed by atoms with van der Waals surface area (Å²) < 4.78 is 5.07. The molecule has 0 radical (unpaired) electrons. The third-order valence-electron chi connectivity index (χ3n) is 3.51. The molecule has 1 saturated heterocycles. The molecular formula is C15H18N2O4. The molecule has 0 aromatic heterocycles. The lowest BCUT2D eigenvalue weighted by Crippen LogP contribution is -2.55. The van der Waals surface area contributed by atoms with Crippen LogP contribution in [0.2, 0.25) is 0 Å². The van der Waals surface area contributed by atoms with Gasteiger partial charge >= 0.3 is 11.8 Å². The maximum atomic E-state index is 12.2. The van der Waals surface area contributed by atoms with Crippen LogP contribution in [0.25, 0.3) is 0 Å². The Bertz CT molecular complexity index is 571. The number of ether oxygens (including phenoxy) is 1. The highest BCUT2D eigenvalue weighted by Gasteiger charge is 2.32. The molecule has 112 valence electrons. The number of methoxy groups -OCH3 is 1. The normalized spacial score (nSPS) is 15.3. The molecule has 1 aromatic carbocycles. The highest BCUT2D eigenvalue weighted by molar-refractivity contribution is 6.35. The van der Waals surface area contributed by atoms with Crippen LogP contribution in [0.5, 0.6) is 5.75 Å². The van der Waals surface area contributed by atoms with Gasteiger partial charge in [0.25, 0.3) is 0 Å². The highest BCUT2D eigenvalue weighted by atomic mass is 16.5. The Labute approximate surface area is 123 Å². The maximum Gasteiger partial charge on any atom is 0.312 e. The minimum atomic E-state index is -0.612. The Morgan fingerprint density at radius 3 is 2.52 bits per heavy atom. The predicted octanol–water partition coefficient (Wildman–Crippen LogP) is 0.569. The average Bonchev–Trinajstić information content (AvgIpc) is 2.52. The summed E-state index contributed by atoms with van der Waals surface area (Å²) in [5.41, 5.74) is 0.465. The van der Waals surface area contributed by atoms with E-state index in [4.69, 9.17) is 4.74 Å². The van der Waals surface area contributed by atoms with Gasteiger partial charge in [-0.3, -0.25) is 14.4 Å². The van der Waals surface area contributed by atoms with E-state index in [0.717, 1.165) is 0 Å². The summed E-state index contributed by atoms with van der Waals surface area (Å²) in [7, 11) is 1.52. The Morgan fingerprint density at radius 2 is 1.86 bits per heavy atom. The van der Waals surface area contributed by atoms with Gasteiger partial charge in [0.15, 0.2) is 5.78 Å². The molecule has 2 rings (SSSR count). The molecule has 0 saturated carbocycles. The van der Waals surface area contributed by atoms with Crippen molar-refractivity contribution in [1.82, 2.24) is 9.80 Å². The smallest absolute Gasteiger partial charge is 0.312 e. The number of hydrogen-bond donors (Lipinski definition) is 0. The molecule has 1 aromatic rings. The van der Waals surface area contributed by atoms with Crippen LogP contribution >= 0.6 is 0 Å². The summed E-state index contributed by atoms with van der Waals surface area (Å²) in [6.07, 6.45) is 0. The third kappa shape index (κ3) is 3.21. The zero-order valence-corrected chi connectivity index (χ0v) is 12.2. The van der Waals surface area contributed by atoms with Gasteiger partial charge in [0.05, 0.1) is 13.7 Å². The van der Waals surface area contributed by atoms with Crippen LogP contribution in [-0.4, -0.2) is 60.7 Å². The molecule has 6 nitrogen and oxygen atoms in total. The Kier molecular flexibility index (Phi) is 4.57. The lowest BCUT2D eigenvalue weighted by Gasteiger charge is -2.32. The van der Waals surface area contributed by atoms with Gasteiger partial charge in [0, 0.05) is 25.2 Å². The second kappa shape index (κ2) is 6.39. The molecule has 1 aliphatic rings. The molecule has 0 spiro atoms. The van der Waals surface area contributed by atoms with Gasteiger partial charge in [-0.15, -0.1) is 0 Å². The molecule has 21 heavy (non-hydrogen) atoms. The first-order valence-electron chi connectivity index (χ1n) is 6.82. The number of likely N-dealkylation sites (N-methyl/N-ethyl adjacent to an activating group) is 1. The van der Waals surface area contributed by atoms with Crippen molar-refractivity contribution in [2.24, 2.45) is 0 Å². The van der Waals surface area contributed by atoms with Crippen molar-refractivity contribution >= 4 is 17.6 Å². The molecular weight excluding hydrogens is 272 g/mol. The zero-order valence-electron chi connectivity index (χ0n) is 12.2. The first-order chi connectivity index (χ1) is 10.1. The minimum Gasteiger partial charge on any atom is -0.497 e. The van der Waals surface area contributed by atoms with Gasteiger partial charge in [-0.1, -0.05) is 12.1 Å². The van der Waals surface area contributed by atoms with Gasteiger partial charge < -0.3 is 14.5 Å². The lowest BCUT2D eigenvalue weighted by molar-refractivity contribution is -0.155. The monoisotopic (exact) mass is 290 g/mol. The number of rotatable bonds is 5. The average molecular weight is 290 g/mol. The van der Waals surface area contributed by atoms with E-state index in [1.165, 1.54) is 16.9 Å². The fourth-order valence-corrected chi connectivity index (χ4v) is 2.23. The molecule has 0 bridgehead atoms. The first kappa shape index (κ1) is 15.0. The van der Waals surface area contributed by atoms with Crippen molar-refractivity contribution in [3.05, 3.63) is 29.8 Å². The summed E-state index contributed by atoms with van der Waals surface area (Å²) in [6.45, 7) is 3.08. The SMILES string of the molecule is CCN1CCN(CC(=O)c2cccc(OC)c2)C(=O)C1=O. The third-order valence-corrected chi connectivity index (χ3v) is 3.51. The summed E-state index contributed by atoms with van der Waals surface area (Å²) in [5.74, 6) is -0.777. The van der Waals surface area contributed by atoms with Gasteiger partial charge in [-0.2, -0.15) is 0 Å². The van der Waals surface area contributed by atoms with E-state index >= 15 is 0 Å². The van der Waals surface area contributed by atoms with E-state index in [2.05, 4.69) is 0 Å². The molecule has 0 aliphatic carbocycles. The molecule has 0 N–H and O–H groups in total. The summed E-state index contributed by atoms with van der Waals surface area (Å²) in [6, 6.07) is 6.75. The van der Waals surface area contributed by atoms with Crippen LogP contribution in [0.1, 0.15) is 17.3 Å². The van der Waals surface area contributed by atoms with Crippen LogP contribution in [0, 0.1) is 0 Å². The van der Waals surface area contributed by atoms with Crippen molar-refractivity contribution < 1.29 is 19.1 Å². The number of amides is 2. The Morgan fingerprint density at radius 1 is 1.19 bits per heavy atom. The summed E-state index contributed by atoms with van der Waals surface area (Å²) in [5, 5.41) is 0. The number of ketones is 1. The number of benzene rings is 1. The fraction of sp³-hybridized carbons (Fsp3) is 0.400. The largest absolute Gasteiger partial charge is 0.497 e. The van der Waals surface area contributed by atoms with Crippen LogP contribution in [0.3, 0.4) is 0 Å². The van der Waals surface area contributed by atoms with E-state index in [0.29, 0.717) is 30.9 Å². The van der Waals surface area contributed by atoms with Crippen molar-refractivity contribution in [3.8, 4) is 5.75 Å². The van der Waals surface area contributed by atoms with Crippen LogP contribution in [0.15, 0.2) is 24.3 Å². The molecule has 1 heterocycles. The highest BCUT2D eigenvalue weighted by Crippen LogP contribution is 2.14.